The number of para-hydroxylation sites is 1. The number of piperidine rings is 1. The van der Waals surface area contributed by atoms with Crippen LogP contribution in [0.1, 0.15) is 30.0 Å². The number of phenolic OH excluding ortho intramolecular Hbond substituents is 1. The lowest BCUT2D eigenvalue weighted by Crippen LogP contribution is -2.29. The molecule has 22 heavy (non-hydrogen) atoms. The highest BCUT2D eigenvalue weighted by Crippen LogP contribution is 2.31. The highest BCUT2D eigenvalue weighted by atomic mass is 16.3. The molecule has 1 aliphatic rings. The van der Waals surface area contributed by atoms with E-state index in [0.717, 1.165) is 25.9 Å². The van der Waals surface area contributed by atoms with E-state index in [2.05, 4.69) is 21.4 Å². The Balaban J connectivity index is 2.12. The normalized spacial score (nSPS) is 17.9. The summed E-state index contributed by atoms with van der Waals surface area (Å²) in [6, 6.07) is 8.96. The van der Waals surface area contributed by atoms with Gasteiger partial charge in [-0.2, -0.15) is 5.26 Å². The van der Waals surface area contributed by atoms with E-state index in [1.54, 1.807) is 24.3 Å². The topological polar surface area (TPSA) is 108 Å². The minimum Gasteiger partial charge on any atom is -0.507 e. The average Bonchev–Trinajstić information content (AvgIpc) is 2.55. The van der Waals surface area contributed by atoms with Gasteiger partial charge in [0.25, 0.3) is 0 Å². The van der Waals surface area contributed by atoms with Gasteiger partial charge in [0.15, 0.2) is 5.82 Å². The van der Waals surface area contributed by atoms with Crippen LogP contribution in [-0.4, -0.2) is 28.2 Å². The van der Waals surface area contributed by atoms with E-state index >= 15 is 0 Å². The summed E-state index contributed by atoms with van der Waals surface area (Å²) < 4.78 is 0. The molecule has 1 aromatic heterocycles. The van der Waals surface area contributed by atoms with Crippen LogP contribution in [0.25, 0.3) is 11.4 Å². The van der Waals surface area contributed by atoms with Gasteiger partial charge in [0.1, 0.15) is 23.2 Å². The van der Waals surface area contributed by atoms with Crippen molar-refractivity contribution in [2.45, 2.75) is 18.8 Å². The molecule has 0 amide bonds. The third-order valence-corrected chi connectivity index (χ3v) is 3.91. The van der Waals surface area contributed by atoms with Crippen LogP contribution in [0.4, 0.5) is 5.82 Å². The molecule has 2 aromatic rings. The molecule has 1 aliphatic heterocycles. The van der Waals surface area contributed by atoms with Gasteiger partial charge in [0.2, 0.25) is 0 Å². The Kier molecular flexibility index (Phi) is 3.90. The lowest BCUT2D eigenvalue weighted by molar-refractivity contribution is 0.453. The maximum absolute atomic E-state index is 9.98. The Morgan fingerprint density at radius 3 is 2.82 bits per heavy atom. The fourth-order valence-electron chi connectivity index (χ4n) is 2.77. The second-order valence-electron chi connectivity index (χ2n) is 5.36. The number of nitrogen functional groups attached to an aromatic ring is 1. The van der Waals surface area contributed by atoms with E-state index in [4.69, 9.17) is 5.73 Å². The van der Waals surface area contributed by atoms with Crippen LogP contribution in [0.5, 0.6) is 5.75 Å². The van der Waals surface area contributed by atoms with Crippen LogP contribution in [0.3, 0.4) is 0 Å². The van der Waals surface area contributed by atoms with Gasteiger partial charge in [-0.1, -0.05) is 12.1 Å². The molecule has 1 unspecified atom stereocenters. The molecule has 1 aromatic carbocycles. The Morgan fingerprint density at radius 2 is 2.14 bits per heavy atom. The number of aromatic nitrogens is 2. The van der Waals surface area contributed by atoms with E-state index in [1.807, 2.05) is 0 Å². The fourth-order valence-corrected chi connectivity index (χ4v) is 2.77. The van der Waals surface area contributed by atoms with Gasteiger partial charge in [0, 0.05) is 12.5 Å². The maximum Gasteiger partial charge on any atom is 0.165 e. The van der Waals surface area contributed by atoms with Crippen molar-refractivity contribution < 1.29 is 5.11 Å². The maximum atomic E-state index is 9.98. The van der Waals surface area contributed by atoms with E-state index in [1.165, 1.54) is 0 Å². The predicted molar refractivity (Wildman–Crippen MR) is 83.1 cm³/mol. The number of hydrogen-bond acceptors (Lipinski definition) is 6. The predicted octanol–water partition coefficient (Wildman–Crippen LogP) is 1.77. The van der Waals surface area contributed by atoms with E-state index < -0.39 is 0 Å². The first-order valence-electron chi connectivity index (χ1n) is 7.27. The van der Waals surface area contributed by atoms with Gasteiger partial charge in [-0.15, -0.1) is 0 Å². The van der Waals surface area contributed by atoms with E-state index in [0.29, 0.717) is 22.6 Å². The van der Waals surface area contributed by atoms with Crippen molar-refractivity contribution in [2.75, 3.05) is 18.8 Å². The largest absolute Gasteiger partial charge is 0.507 e. The summed E-state index contributed by atoms with van der Waals surface area (Å²) in [5.41, 5.74) is 7.48. The number of nitrogens with zero attached hydrogens (tertiary/aromatic N) is 3. The standard InChI is InChI=1S/C16H17N5O/c17-8-12-14(10-4-3-7-19-9-10)20-16(21-15(12)18)11-5-1-2-6-13(11)22/h1-2,5-6,10,19,22H,3-4,7,9H2,(H2,18,20,21). The number of nitriles is 1. The Labute approximate surface area is 128 Å². The second-order valence-corrected chi connectivity index (χ2v) is 5.36. The summed E-state index contributed by atoms with van der Waals surface area (Å²) in [4.78, 5) is 8.74. The molecule has 0 bridgehead atoms. The van der Waals surface area contributed by atoms with Crippen molar-refractivity contribution in [1.82, 2.24) is 15.3 Å². The van der Waals surface area contributed by atoms with Crippen molar-refractivity contribution in [3.63, 3.8) is 0 Å². The Bertz CT molecular complexity index is 732. The van der Waals surface area contributed by atoms with Gasteiger partial charge in [0.05, 0.1) is 11.3 Å². The highest BCUT2D eigenvalue weighted by Gasteiger charge is 2.23. The van der Waals surface area contributed by atoms with Crippen LogP contribution in [0.2, 0.25) is 0 Å². The lowest BCUT2D eigenvalue weighted by atomic mass is 9.93. The first-order valence-corrected chi connectivity index (χ1v) is 7.27. The monoisotopic (exact) mass is 295 g/mol. The molecule has 112 valence electrons. The van der Waals surface area contributed by atoms with Crippen LogP contribution < -0.4 is 11.1 Å². The molecule has 1 fully saturated rings. The zero-order valence-corrected chi connectivity index (χ0v) is 12.1. The summed E-state index contributed by atoms with van der Waals surface area (Å²) in [5.74, 6) is 0.754. The number of phenols is 1. The zero-order chi connectivity index (χ0) is 15.5. The summed E-state index contributed by atoms with van der Waals surface area (Å²) in [7, 11) is 0. The van der Waals surface area contributed by atoms with Crippen LogP contribution in [0.15, 0.2) is 24.3 Å². The molecule has 6 heteroatoms. The summed E-state index contributed by atoms with van der Waals surface area (Å²) in [6.45, 7) is 1.75. The number of aromatic hydroxyl groups is 1. The van der Waals surface area contributed by atoms with E-state index in [-0.39, 0.29) is 17.5 Å². The number of benzene rings is 1. The first-order chi connectivity index (χ1) is 10.7. The van der Waals surface area contributed by atoms with Gasteiger partial charge in [-0.25, -0.2) is 9.97 Å². The van der Waals surface area contributed by atoms with Crippen LogP contribution in [0, 0.1) is 11.3 Å². The number of nitrogens with one attached hydrogen (secondary N) is 1. The molecule has 6 nitrogen and oxygen atoms in total. The van der Waals surface area contributed by atoms with Gasteiger partial charge >= 0.3 is 0 Å². The Morgan fingerprint density at radius 1 is 1.32 bits per heavy atom. The zero-order valence-electron chi connectivity index (χ0n) is 12.1. The molecule has 0 radical (unpaired) electrons. The molecule has 1 atom stereocenters. The van der Waals surface area contributed by atoms with E-state index in [9.17, 15) is 10.4 Å². The second kappa shape index (κ2) is 6.00. The average molecular weight is 295 g/mol. The molecule has 2 heterocycles. The number of rotatable bonds is 2. The highest BCUT2D eigenvalue weighted by molar-refractivity contribution is 5.66. The molecule has 4 N–H and O–H groups in total. The van der Waals surface area contributed by atoms with Crippen molar-refractivity contribution in [3.05, 3.63) is 35.5 Å². The molecule has 3 rings (SSSR count). The van der Waals surface area contributed by atoms with Crippen molar-refractivity contribution >= 4 is 5.82 Å². The smallest absolute Gasteiger partial charge is 0.165 e. The summed E-state index contributed by atoms with van der Waals surface area (Å²) in [6.07, 6.45) is 1.99. The van der Waals surface area contributed by atoms with Gasteiger partial charge < -0.3 is 16.2 Å². The molecular weight excluding hydrogens is 278 g/mol. The van der Waals surface area contributed by atoms with Crippen molar-refractivity contribution in [2.24, 2.45) is 0 Å². The minimum atomic E-state index is 0.0966. The fraction of sp³-hybridized carbons (Fsp3) is 0.312. The van der Waals surface area contributed by atoms with Crippen molar-refractivity contribution in [1.29, 1.82) is 5.26 Å². The molecular formula is C16H17N5O. The number of hydrogen-bond donors (Lipinski definition) is 3. The summed E-state index contributed by atoms with van der Waals surface area (Å²) in [5, 5.41) is 22.7. The van der Waals surface area contributed by atoms with Crippen molar-refractivity contribution in [3.8, 4) is 23.2 Å². The number of nitrogens with two attached hydrogens (primary N) is 1. The molecule has 1 saturated heterocycles. The SMILES string of the molecule is N#Cc1c(N)nc(-c2ccccc2O)nc1C1CCCNC1. The van der Waals surface area contributed by atoms with Crippen LogP contribution >= 0.6 is 0 Å². The molecule has 0 spiro atoms. The van der Waals surface area contributed by atoms with Gasteiger partial charge in [-0.05, 0) is 31.5 Å². The lowest BCUT2D eigenvalue weighted by Gasteiger charge is -2.23. The summed E-state index contributed by atoms with van der Waals surface area (Å²) >= 11 is 0. The third kappa shape index (κ3) is 2.59. The third-order valence-electron chi connectivity index (χ3n) is 3.91. The number of anilines is 1. The molecule has 0 aliphatic carbocycles. The molecule has 0 saturated carbocycles. The Hall–Kier alpha value is -2.65. The van der Waals surface area contributed by atoms with Gasteiger partial charge in [-0.3, -0.25) is 0 Å². The quantitative estimate of drug-likeness (QED) is 0.779. The minimum absolute atomic E-state index is 0.0966. The first kappa shape index (κ1) is 14.3. The van der Waals surface area contributed by atoms with Crippen LogP contribution in [-0.2, 0) is 0 Å².